The number of nitrogens with one attached hydrogen (secondary N) is 2. The van der Waals surface area contributed by atoms with Gasteiger partial charge in [0.25, 0.3) is 5.91 Å². The van der Waals surface area contributed by atoms with E-state index in [2.05, 4.69) is 15.6 Å². The van der Waals surface area contributed by atoms with Crippen molar-refractivity contribution in [2.75, 3.05) is 19.7 Å². The second-order valence-electron chi connectivity index (χ2n) is 5.87. The summed E-state index contributed by atoms with van der Waals surface area (Å²) in [5, 5.41) is 7.92. The summed E-state index contributed by atoms with van der Waals surface area (Å²) in [4.78, 5) is 39.3. The van der Waals surface area contributed by atoms with Crippen LogP contribution in [0.5, 0.6) is 5.75 Å². The number of ether oxygens (including phenoxy) is 2. The molecule has 0 saturated carbocycles. The molecule has 0 radical (unpaired) electrons. The maximum Gasteiger partial charge on any atom is 0.338 e. The lowest BCUT2D eigenvalue weighted by Crippen LogP contribution is -2.38. The van der Waals surface area contributed by atoms with Crippen LogP contribution in [0.1, 0.15) is 34.4 Å². The summed E-state index contributed by atoms with van der Waals surface area (Å²) >= 11 is 1.55. The molecule has 28 heavy (non-hydrogen) atoms. The van der Waals surface area contributed by atoms with Crippen LogP contribution in [0.4, 0.5) is 0 Å². The Bertz CT molecular complexity index is 804. The first kappa shape index (κ1) is 21.4. The minimum absolute atomic E-state index is 0.152. The van der Waals surface area contributed by atoms with Gasteiger partial charge in [-0.1, -0.05) is 6.92 Å². The Morgan fingerprint density at radius 2 is 1.86 bits per heavy atom. The molecule has 8 nitrogen and oxygen atoms in total. The fraction of sp³-hybridized carbons (Fsp3) is 0.368. The number of aryl methyl sites for hydroxylation is 1. The molecule has 1 aromatic carbocycles. The number of carbonyl (C=O) groups excluding carboxylic acids is 3. The number of thiazole rings is 1. The van der Waals surface area contributed by atoms with Crippen LogP contribution in [-0.4, -0.2) is 42.5 Å². The van der Waals surface area contributed by atoms with Crippen molar-refractivity contribution in [3.63, 3.8) is 0 Å². The third-order valence-electron chi connectivity index (χ3n) is 3.50. The van der Waals surface area contributed by atoms with E-state index in [1.54, 1.807) is 35.6 Å². The van der Waals surface area contributed by atoms with Crippen molar-refractivity contribution in [1.82, 2.24) is 15.6 Å². The predicted octanol–water partition coefficient (Wildman–Crippen LogP) is 1.83. The molecule has 2 N–H and O–H groups in total. The highest BCUT2D eigenvalue weighted by Gasteiger charge is 2.11. The molecule has 0 aliphatic heterocycles. The van der Waals surface area contributed by atoms with Crippen LogP contribution in [0.2, 0.25) is 0 Å². The van der Waals surface area contributed by atoms with E-state index in [-0.39, 0.29) is 12.5 Å². The van der Waals surface area contributed by atoms with Crippen molar-refractivity contribution in [2.24, 2.45) is 0 Å². The van der Waals surface area contributed by atoms with Crippen LogP contribution < -0.4 is 15.4 Å². The molecular weight excluding hydrogens is 382 g/mol. The molecule has 1 aromatic heterocycles. The molecule has 0 saturated heterocycles. The SMILES string of the molecule is CCCNC(=O)CNC(=O)COC(=O)c1ccc(OCc2csc(C)n2)cc1. The first-order valence-corrected chi connectivity index (χ1v) is 9.70. The number of esters is 1. The highest BCUT2D eigenvalue weighted by atomic mass is 32.1. The molecule has 150 valence electrons. The second-order valence-corrected chi connectivity index (χ2v) is 6.94. The monoisotopic (exact) mass is 405 g/mol. The molecule has 9 heteroatoms. The summed E-state index contributed by atoms with van der Waals surface area (Å²) in [6.45, 7) is 4.14. The number of rotatable bonds is 10. The summed E-state index contributed by atoms with van der Waals surface area (Å²) < 4.78 is 10.6. The van der Waals surface area contributed by atoms with Crippen molar-refractivity contribution >= 4 is 29.1 Å². The highest BCUT2D eigenvalue weighted by Crippen LogP contribution is 2.16. The summed E-state index contributed by atoms with van der Waals surface area (Å²) in [7, 11) is 0. The van der Waals surface area contributed by atoms with Gasteiger partial charge in [-0.15, -0.1) is 11.3 Å². The van der Waals surface area contributed by atoms with Crippen molar-refractivity contribution < 1.29 is 23.9 Å². The number of hydrogen-bond acceptors (Lipinski definition) is 7. The molecule has 0 unspecified atom stereocenters. The minimum atomic E-state index is -0.632. The zero-order valence-electron chi connectivity index (χ0n) is 15.8. The van der Waals surface area contributed by atoms with E-state index in [0.29, 0.717) is 24.5 Å². The largest absolute Gasteiger partial charge is 0.487 e. The number of carbonyl (C=O) groups is 3. The number of hydrogen-bond donors (Lipinski definition) is 2. The van der Waals surface area contributed by atoms with Crippen LogP contribution in [-0.2, 0) is 20.9 Å². The maximum atomic E-state index is 12.0. The summed E-state index contributed by atoms with van der Waals surface area (Å²) in [5.74, 6) is -0.867. The second kappa shape index (κ2) is 11.0. The lowest BCUT2D eigenvalue weighted by Gasteiger charge is -2.08. The van der Waals surface area contributed by atoms with E-state index in [9.17, 15) is 14.4 Å². The maximum absolute atomic E-state index is 12.0. The van der Waals surface area contributed by atoms with Crippen molar-refractivity contribution in [1.29, 1.82) is 0 Å². The van der Waals surface area contributed by atoms with Crippen LogP contribution in [0.25, 0.3) is 0 Å². The van der Waals surface area contributed by atoms with Crippen LogP contribution in [0.3, 0.4) is 0 Å². The number of nitrogens with zero attached hydrogens (tertiary/aromatic N) is 1. The Balaban J connectivity index is 1.71. The van der Waals surface area contributed by atoms with E-state index < -0.39 is 18.5 Å². The Hall–Kier alpha value is -2.94. The Morgan fingerprint density at radius 1 is 1.11 bits per heavy atom. The highest BCUT2D eigenvalue weighted by molar-refractivity contribution is 7.09. The summed E-state index contributed by atoms with van der Waals surface area (Å²) in [6.07, 6.45) is 0.811. The lowest BCUT2D eigenvalue weighted by atomic mass is 10.2. The molecule has 0 aliphatic carbocycles. The molecule has 0 atom stereocenters. The van der Waals surface area contributed by atoms with E-state index in [4.69, 9.17) is 9.47 Å². The zero-order chi connectivity index (χ0) is 20.4. The molecule has 0 fully saturated rings. The average Bonchev–Trinajstić information content (AvgIpc) is 3.12. The third-order valence-corrected chi connectivity index (χ3v) is 4.32. The molecule has 2 rings (SSSR count). The van der Waals surface area contributed by atoms with Crippen molar-refractivity contribution in [2.45, 2.75) is 26.9 Å². The van der Waals surface area contributed by atoms with Gasteiger partial charge in [0.1, 0.15) is 12.4 Å². The molecule has 0 spiro atoms. The first-order valence-electron chi connectivity index (χ1n) is 8.82. The number of amides is 2. The number of aromatic nitrogens is 1. The van der Waals surface area contributed by atoms with Gasteiger partial charge in [0.2, 0.25) is 5.91 Å². The standard InChI is InChI=1S/C19H23N3O5S/c1-3-8-20-17(23)9-21-18(24)11-27-19(25)14-4-6-16(7-5-14)26-10-15-12-28-13(2)22-15/h4-7,12H,3,8-11H2,1-2H3,(H,20,23)(H,21,24). The minimum Gasteiger partial charge on any atom is -0.487 e. The van der Waals surface area contributed by atoms with Gasteiger partial charge in [-0.2, -0.15) is 0 Å². The lowest BCUT2D eigenvalue weighted by molar-refractivity contribution is -0.127. The van der Waals surface area contributed by atoms with Crippen molar-refractivity contribution in [3.05, 3.63) is 45.9 Å². The van der Waals surface area contributed by atoms with Crippen LogP contribution >= 0.6 is 11.3 Å². The molecule has 1 heterocycles. The zero-order valence-corrected chi connectivity index (χ0v) is 16.6. The summed E-state index contributed by atoms with van der Waals surface area (Å²) in [5.41, 5.74) is 1.14. The van der Waals surface area contributed by atoms with E-state index in [0.717, 1.165) is 17.1 Å². The number of benzene rings is 1. The van der Waals surface area contributed by atoms with Crippen LogP contribution in [0, 0.1) is 6.92 Å². The van der Waals surface area contributed by atoms with Crippen molar-refractivity contribution in [3.8, 4) is 5.75 Å². The van der Waals surface area contributed by atoms with Gasteiger partial charge < -0.3 is 20.1 Å². The van der Waals surface area contributed by atoms with Crippen LogP contribution in [0.15, 0.2) is 29.6 Å². The molecule has 0 aliphatic rings. The molecule has 2 aromatic rings. The smallest absolute Gasteiger partial charge is 0.338 e. The molecular formula is C19H23N3O5S. The van der Waals surface area contributed by atoms with E-state index in [1.807, 2.05) is 19.2 Å². The fourth-order valence-corrected chi connectivity index (χ4v) is 2.69. The van der Waals surface area contributed by atoms with Gasteiger partial charge in [-0.05, 0) is 37.6 Å². The van der Waals surface area contributed by atoms with Gasteiger partial charge in [0.05, 0.1) is 22.8 Å². The predicted molar refractivity (Wildman–Crippen MR) is 104 cm³/mol. The Morgan fingerprint density at radius 3 is 2.50 bits per heavy atom. The van der Waals surface area contributed by atoms with E-state index in [1.165, 1.54) is 0 Å². The van der Waals surface area contributed by atoms with E-state index >= 15 is 0 Å². The topological polar surface area (TPSA) is 107 Å². The van der Waals surface area contributed by atoms with Gasteiger partial charge in [-0.3, -0.25) is 9.59 Å². The quantitative estimate of drug-likeness (QED) is 0.584. The van der Waals surface area contributed by atoms with Gasteiger partial charge in [0.15, 0.2) is 6.61 Å². The molecule has 2 amide bonds. The van der Waals surface area contributed by atoms with Gasteiger partial charge in [0, 0.05) is 11.9 Å². The molecule has 0 bridgehead atoms. The normalized spacial score (nSPS) is 10.2. The Labute approximate surface area is 167 Å². The first-order chi connectivity index (χ1) is 13.5. The summed E-state index contributed by atoms with van der Waals surface area (Å²) in [6, 6.07) is 6.40. The van der Waals surface area contributed by atoms with Gasteiger partial charge >= 0.3 is 5.97 Å². The average molecular weight is 405 g/mol. The third kappa shape index (κ3) is 7.36. The van der Waals surface area contributed by atoms with Gasteiger partial charge in [-0.25, -0.2) is 9.78 Å². The fourth-order valence-electron chi connectivity index (χ4n) is 2.09. The Kier molecular flexibility index (Phi) is 8.41.